The normalized spacial score (nSPS) is 15.6. The molecule has 0 N–H and O–H groups in total. The largest absolute Gasteiger partial charge is 0.337 e. The van der Waals surface area contributed by atoms with Crippen LogP contribution in [0.25, 0.3) is 5.52 Å². The van der Waals surface area contributed by atoms with Gasteiger partial charge in [0.1, 0.15) is 0 Å². The smallest absolute Gasteiger partial charge is 0.274 e. The number of hydrogen-bond donors (Lipinski definition) is 0. The monoisotopic (exact) mass is 425 g/mol. The van der Waals surface area contributed by atoms with Crippen molar-refractivity contribution in [2.45, 2.75) is 37.8 Å². The number of pyridine rings is 1. The average molecular weight is 426 g/mol. The summed E-state index contributed by atoms with van der Waals surface area (Å²) in [4.78, 5) is 19.2. The fourth-order valence-electron chi connectivity index (χ4n) is 4.13. The zero-order chi connectivity index (χ0) is 21.3. The molecule has 1 amide bonds. The molecule has 1 aromatic carbocycles. The number of amides is 1. The van der Waals surface area contributed by atoms with Gasteiger partial charge >= 0.3 is 0 Å². The number of rotatable bonds is 5. The Morgan fingerprint density at radius 2 is 1.80 bits per heavy atom. The zero-order valence-corrected chi connectivity index (χ0v) is 18.2. The van der Waals surface area contributed by atoms with Crippen LogP contribution < -0.4 is 0 Å². The third-order valence-electron chi connectivity index (χ3n) is 5.91. The molecule has 158 valence electrons. The lowest BCUT2D eigenvalue weighted by molar-refractivity contribution is 0.0683. The highest BCUT2D eigenvalue weighted by molar-refractivity contribution is 7.90. The summed E-state index contributed by atoms with van der Waals surface area (Å²) in [5.41, 5.74) is 3.38. The quantitative estimate of drug-likeness (QED) is 0.627. The Bertz CT molecular complexity index is 1160. The van der Waals surface area contributed by atoms with Gasteiger partial charge in [0, 0.05) is 25.5 Å². The SMILES string of the molecule is Cc1ccc(CCC2CCN(C(=O)c3nc(S(C)(=O)=O)n4ccccc34)CC2)cc1. The second kappa shape index (κ2) is 8.22. The van der Waals surface area contributed by atoms with Crippen molar-refractivity contribution in [3.63, 3.8) is 0 Å². The summed E-state index contributed by atoms with van der Waals surface area (Å²) in [7, 11) is -3.54. The Kier molecular flexibility index (Phi) is 5.64. The molecule has 4 rings (SSSR count). The summed E-state index contributed by atoms with van der Waals surface area (Å²) in [5, 5.41) is -0.0885. The van der Waals surface area contributed by atoms with E-state index in [0.29, 0.717) is 24.5 Å². The maximum absolute atomic E-state index is 13.1. The maximum Gasteiger partial charge on any atom is 0.274 e. The van der Waals surface area contributed by atoms with E-state index in [4.69, 9.17) is 0 Å². The van der Waals surface area contributed by atoms with Crippen LogP contribution in [-0.2, 0) is 16.3 Å². The first kappa shape index (κ1) is 20.6. The number of hydrogen-bond acceptors (Lipinski definition) is 4. The van der Waals surface area contributed by atoms with Gasteiger partial charge < -0.3 is 4.90 Å². The Morgan fingerprint density at radius 1 is 1.10 bits per heavy atom. The van der Waals surface area contributed by atoms with Crippen molar-refractivity contribution in [1.82, 2.24) is 14.3 Å². The first-order valence-electron chi connectivity index (χ1n) is 10.3. The van der Waals surface area contributed by atoms with Crippen LogP contribution in [0, 0.1) is 12.8 Å². The Morgan fingerprint density at radius 3 is 2.47 bits per heavy atom. The summed E-state index contributed by atoms with van der Waals surface area (Å²) in [6.45, 7) is 3.45. The van der Waals surface area contributed by atoms with Gasteiger partial charge in [-0.3, -0.25) is 9.20 Å². The minimum absolute atomic E-state index is 0.0885. The van der Waals surface area contributed by atoms with Crippen molar-refractivity contribution in [3.05, 3.63) is 65.5 Å². The average Bonchev–Trinajstić information content (AvgIpc) is 3.13. The number of carbonyl (C=O) groups is 1. The highest BCUT2D eigenvalue weighted by atomic mass is 32.2. The summed E-state index contributed by atoms with van der Waals surface area (Å²) in [6.07, 6.45) is 6.85. The molecule has 0 unspecified atom stereocenters. The highest BCUT2D eigenvalue weighted by Gasteiger charge is 2.28. The van der Waals surface area contributed by atoms with Crippen molar-refractivity contribution in [3.8, 4) is 0 Å². The van der Waals surface area contributed by atoms with Gasteiger partial charge in [-0.1, -0.05) is 35.9 Å². The predicted molar refractivity (Wildman–Crippen MR) is 116 cm³/mol. The van der Waals surface area contributed by atoms with E-state index in [2.05, 4.69) is 36.2 Å². The van der Waals surface area contributed by atoms with Gasteiger partial charge in [-0.25, -0.2) is 13.4 Å². The van der Waals surface area contributed by atoms with Crippen LogP contribution in [0.1, 0.15) is 40.9 Å². The lowest BCUT2D eigenvalue weighted by Gasteiger charge is -2.31. The molecule has 2 aromatic heterocycles. The molecule has 1 aliphatic heterocycles. The van der Waals surface area contributed by atoms with Crippen molar-refractivity contribution in [2.24, 2.45) is 5.92 Å². The molecule has 0 radical (unpaired) electrons. The maximum atomic E-state index is 13.1. The Labute approximate surface area is 177 Å². The summed E-state index contributed by atoms with van der Waals surface area (Å²) in [6, 6.07) is 13.9. The molecule has 0 atom stereocenters. The van der Waals surface area contributed by atoms with E-state index in [1.807, 2.05) is 4.90 Å². The zero-order valence-electron chi connectivity index (χ0n) is 17.4. The number of piperidine rings is 1. The summed E-state index contributed by atoms with van der Waals surface area (Å²) in [5.74, 6) is 0.409. The molecule has 6 nitrogen and oxygen atoms in total. The van der Waals surface area contributed by atoms with Gasteiger partial charge in [0.2, 0.25) is 15.0 Å². The molecule has 0 bridgehead atoms. The minimum Gasteiger partial charge on any atom is -0.337 e. The van der Waals surface area contributed by atoms with Gasteiger partial charge in [0.25, 0.3) is 5.91 Å². The van der Waals surface area contributed by atoms with E-state index >= 15 is 0 Å². The third-order valence-corrected chi connectivity index (χ3v) is 6.87. The summed E-state index contributed by atoms with van der Waals surface area (Å²) < 4.78 is 25.7. The number of carbonyl (C=O) groups excluding carboxylic acids is 1. The molecular weight excluding hydrogens is 398 g/mol. The topological polar surface area (TPSA) is 71.8 Å². The number of aryl methyl sites for hydroxylation is 2. The van der Waals surface area contributed by atoms with E-state index in [-0.39, 0.29) is 16.8 Å². The van der Waals surface area contributed by atoms with Crippen LogP contribution >= 0.6 is 0 Å². The number of aromatic nitrogens is 2. The molecule has 3 heterocycles. The molecule has 1 aliphatic rings. The van der Waals surface area contributed by atoms with Crippen molar-refractivity contribution >= 4 is 21.3 Å². The van der Waals surface area contributed by atoms with Crippen LogP contribution in [0.4, 0.5) is 0 Å². The van der Waals surface area contributed by atoms with E-state index in [9.17, 15) is 13.2 Å². The van der Waals surface area contributed by atoms with Crippen LogP contribution in [0.2, 0.25) is 0 Å². The van der Waals surface area contributed by atoms with Crippen molar-refractivity contribution in [1.29, 1.82) is 0 Å². The molecule has 7 heteroatoms. The lowest BCUT2D eigenvalue weighted by atomic mass is 9.90. The van der Waals surface area contributed by atoms with E-state index in [1.54, 1.807) is 24.4 Å². The molecule has 0 spiro atoms. The van der Waals surface area contributed by atoms with E-state index in [1.165, 1.54) is 15.5 Å². The van der Waals surface area contributed by atoms with Crippen LogP contribution in [-0.4, -0.2) is 48.0 Å². The summed E-state index contributed by atoms with van der Waals surface area (Å²) >= 11 is 0. The van der Waals surface area contributed by atoms with Gasteiger partial charge in [-0.2, -0.15) is 0 Å². The molecular formula is C23H27N3O3S. The molecule has 3 aromatic rings. The van der Waals surface area contributed by atoms with Crippen molar-refractivity contribution in [2.75, 3.05) is 19.3 Å². The number of likely N-dealkylation sites (tertiary alicyclic amines) is 1. The second-order valence-electron chi connectivity index (χ2n) is 8.23. The molecule has 0 aliphatic carbocycles. The minimum atomic E-state index is -3.54. The first-order valence-corrected chi connectivity index (χ1v) is 12.2. The third kappa shape index (κ3) is 4.26. The molecule has 0 saturated carbocycles. The second-order valence-corrected chi connectivity index (χ2v) is 10.1. The fraction of sp³-hybridized carbons (Fsp3) is 0.391. The van der Waals surface area contributed by atoms with Crippen LogP contribution in [0.5, 0.6) is 0 Å². The van der Waals surface area contributed by atoms with E-state index < -0.39 is 9.84 Å². The fourth-order valence-corrected chi connectivity index (χ4v) is 4.90. The van der Waals surface area contributed by atoms with Crippen LogP contribution in [0.15, 0.2) is 53.8 Å². The molecule has 1 saturated heterocycles. The number of fused-ring (bicyclic) bond motifs is 1. The Balaban J connectivity index is 1.43. The standard InChI is InChI=1S/C23H27N3O3S/c1-17-6-8-18(9-7-17)10-11-19-12-15-25(16-13-19)22(27)21-20-5-3-4-14-26(20)23(24-21)30(2,28)29/h3-9,14,19H,10-13,15-16H2,1-2H3. The van der Waals surface area contributed by atoms with Crippen molar-refractivity contribution < 1.29 is 13.2 Å². The lowest BCUT2D eigenvalue weighted by Crippen LogP contribution is -2.38. The number of benzene rings is 1. The van der Waals surface area contributed by atoms with Gasteiger partial charge in [0.15, 0.2) is 5.69 Å². The number of sulfone groups is 1. The predicted octanol–water partition coefficient (Wildman–Crippen LogP) is 3.53. The van der Waals surface area contributed by atoms with Gasteiger partial charge in [-0.15, -0.1) is 0 Å². The first-order chi connectivity index (χ1) is 14.3. The van der Waals surface area contributed by atoms with Crippen LogP contribution in [0.3, 0.4) is 0 Å². The van der Waals surface area contributed by atoms with E-state index in [0.717, 1.165) is 31.9 Å². The molecule has 30 heavy (non-hydrogen) atoms. The Hall–Kier alpha value is -2.67. The molecule has 1 fully saturated rings. The number of nitrogens with zero attached hydrogens (tertiary/aromatic N) is 3. The van der Waals surface area contributed by atoms with Gasteiger partial charge in [0.05, 0.1) is 5.52 Å². The number of imidazole rings is 1. The highest BCUT2D eigenvalue weighted by Crippen LogP contribution is 2.25. The van der Waals surface area contributed by atoms with Gasteiger partial charge in [-0.05, 0) is 56.2 Å².